The van der Waals surface area contributed by atoms with E-state index in [1.165, 1.54) is 0 Å². The van der Waals surface area contributed by atoms with Crippen molar-refractivity contribution >= 4 is 11.7 Å². The minimum absolute atomic E-state index is 0.160. The van der Waals surface area contributed by atoms with Gasteiger partial charge in [0.1, 0.15) is 5.82 Å². The second-order valence-electron chi connectivity index (χ2n) is 3.71. The highest BCUT2D eigenvalue weighted by molar-refractivity contribution is 5.90. The summed E-state index contributed by atoms with van der Waals surface area (Å²) in [6.45, 7) is 0.719. The molecule has 2 aromatic rings. The predicted molar refractivity (Wildman–Crippen MR) is 67.0 cm³/mol. The van der Waals surface area contributed by atoms with Gasteiger partial charge in [0.2, 0.25) is 0 Å². The second kappa shape index (κ2) is 5.72. The van der Waals surface area contributed by atoms with Crippen LogP contribution >= 0.6 is 0 Å². The van der Waals surface area contributed by atoms with Crippen molar-refractivity contribution in [2.24, 2.45) is 5.73 Å². The van der Waals surface area contributed by atoms with Gasteiger partial charge in [-0.1, -0.05) is 6.07 Å². The Kier molecular flexibility index (Phi) is 3.80. The maximum atomic E-state index is 10.8. The highest BCUT2D eigenvalue weighted by Gasteiger charge is 2.02. The van der Waals surface area contributed by atoms with Gasteiger partial charge < -0.3 is 11.1 Å². The molecule has 0 bridgehead atoms. The summed E-state index contributed by atoms with van der Waals surface area (Å²) in [5, 5.41) is 10.7. The van der Waals surface area contributed by atoms with E-state index >= 15 is 0 Å². The molecule has 92 valence electrons. The van der Waals surface area contributed by atoms with Crippen LogP contribution in [0.4, 0.5) is 5.82 Å². The van der Waals surface area contributed by atoms with Crippen molar-refractivity contribution in [3.63, 3.8) is 0 Å². The number of carbonyl (C=O) groups excluding carboxylic acids is 1. The van der Waals surface area contributed by atoms with Crippen molar-refractivity contribution in [3.8, 4) is 0 Å². The molecule has 6 nitrogen and oxygen atoms in total. The Hall–Kier alpha value is -2.50. The molecule has 18 heavy (non-hydrogen) atoms. The topological polar surface area (TPSA) is 93.8 Å². The lowest BCUT2D eigenvalue weighted by atomic mass is 10.2. The number of aromatic nitrogens is 3. The van der Waals surface area contributed by atoms with Crippen LogP contribution in [0.2, 0.25) is 0 Å². The van der Waals surface area contributed by atoms with E-state index in [2.05, 4.69) is 20.5 Å². The minimum Gasteiger partial charge on any atom is -0.368 e. The van der Waals surface area contributed by atoms with Crippen LogP contribution in [0.25, 0.3) is 0 Å². The van der Waals surface area contributed by atoms with Crippen LogP contribution in [-0.4, -0.2) is 27.6 Å². The van der Waals surface area contributed by atoms with Gasteiger partial charge >= 0.3 is 0 Å². The fourth-order valence-electron chi connectivity index (χ4n) is 1.44. The van der Waals surface area contributed by atoms with Gasteiger partial charge in [-0.15, -0.1) is 10.2 Å². The predicted octanol–water partition coefficient (Wildman–Crippen LogP) is 0.625. The van der Waals surface area contributed by atoms with E-state index in [1.807, 2.05) is 18.3 Å². The molecule has 1 amide bonds. The third-order valence-corrected chi connectivity index (χ3v) is 2.36. The van der Waals surface area contributed by atoms with Gasteiger partial charge in [0.05, 0.1) is 0 Å². The number of nitrogens with zero attached hydrogens (tertiary/aromatic N) is 3. The second-order valence-corrected chi connectivity index (χ2v) is 3.71. The van der Waals surface area contributed by atoms with E-state index in [1.54, 1.807) is 18.3 Å². The van der Waals surface area contributed by atoms with Crippen LogP contribution < -0.4 is 11.1 Å². The number of nitrogens with one attached hydrogen (secondary N) is 1. The van der Waals surface area contributed by atoms with E-state index in [9.17, 15) is 4.79 Å². The number of pyridine rings is 1. The van der Waals surface area contributed by atoms with Crippen LogP contribution in [0.1, 0.15) is 16.1 Å². The van der Waals surface area contributed by atoms with Gasteiger partial charge in [-0.3, -0.25) is 9.78 Å². The van der Waals surface area contributed by atoms with Gasteiger partial charge in [-0.25, -0.2) is 0 Å². The number of anilines is 1. The van der Waals surface area contributed by atoms with Gasteiger partial charge in [0.25, 0.3) is 5.91 Å². The molecule has 0 aliphatic rings. The van der Waals surface area contributed by atoms with Gasteiger partial charge in [0.15, 0.2) is 5.69 Å². The Morgan fingerprint density at radius 3 is 2.78 bits per heavy atom. The lowest BCUT2D eigenvalue weighted by molar-refractivity contribution is 0.0994. The molecule has 0 radical (unpaired) electrons. The first-order valence-corrected chi connectivity index (χ1v) is 5.52. The molecule has 0 saturated carbocycles. The molecular weight excluding hydrogens is 230 g/mol. The van der Waals surface area contributed by atoms with Crippen LogP contribution in [0.3, 0.4) is 0 Å². The molecule has 0 aliphatic carbocycles. The Balaban J connectivity index is 1.85. The van der Waals surface area contributed by atoms with Gasteiger partial charge in [-0.2, -0.15) is 0 Å². The van der Waals surface area contributed by atoms with Crippen molar-refractivity contribution in [3.05, 3.63) is 47.9 Å². The first kappa shape index (κ1) is 12.0. The fraction of sp³-hybridized carbons (Fsp3) is 0.167. The number of amides is 1. The summed E-state index contributed by atoms with van der Waals surface area (Å²) >= 11 is 0. The minimum atomic E-state index is -0.579. The first-order valence-electron chi connectivity index (χ1n) is 5.52. The summed E-state index contributed by atoms with van der Waals surface area (Å²) < 4.78 is 0. The zero-order valence-corrected chi connectivity index (χ0v) is 9.71. The quantitative estimate of drug-likeness (QED) is 0.803. The van der Waals surface area contributed by atoms with E-state index in [0.717, 1.165) is 18.5 Å². The molecule has 0 spiro atoms. The smallest absolute Gasteiger partial charge is 0.269 e. The highest BCUT2D eigenvalue weighted by atomic mass is 16.1. The lowest BCUT2D eigenvalue weighted by Gasteiger charge is -2.04. The summed E-state index contributed by atoms with van der Waals surface area (Å²) in [6, 6.07) is 7.13. The summed E-state index contributed by atoms with van der Waals surface area (Å²) in [4.78, 5) is 14.8. The van der Waals surface area contributed by atoms with E-state index in [0.29, 0.717) is 5.82 Å². The van der Waals surface area contributed by atoms with Crippen LogP contribution in [0, 0.1) is 0 Å². The number of hydrogen-bond acceptors (Lipinski definition) is 5. The number of carbonyl (C=O) groups is 1. The van der Waals surface area contributed by atoms with Crippen LogP contribution in [0.5, 0.6) is 0 Å². The third kappa shape index (κ3) is 3.24. The average molecular weight is 243 g/mol. The molecule has 0 aliphatic heterocycles. The van der Waals surface area contributed by atoms with Crippen LogP contribution in [-0.2, 0) is 6.42 Å². The van der Waals surface area contributed by atoms with E-state index < -0.39 is 5.91 Å². The van der Waals surface area contributed by atoms with Gasteiger partial charge in [-0.05, 0) is 30.2 Å². The van der Waals surface area contributed by atoms with Crippen molar-refractivity contribution < 1.29 is 4.79 Å². The molecule has 0 unspecified atom stereocenters. The van der Waals surface area contributed by atoms with E-state index in [-0.39, 0.29) is 5.69 Å². The average Bonchev–Trinajstić information content (AvgIpc) is 2.40. The standard InChI is InChI=1S/C12H13N5O/c13-12(18)10-3-4-11(17-16-10)15-7-5-9-2-1-6-14-8-9/h1-4,6,8H,5,7H2,(H2,13,18)(H,15,17). The fourth-order valence-corrected chi connectivity index (χ4v) is 1.44. The zero-order chi connectivity index (χ0) is 12.8. The van der Waals surface area contributed by atoms with Crippen molar-refractivity contribution in [1.82, 2.24) is 15.2 Å². The highest BCUT2D eigenvalue weighted by Crippen LogP contribution is 2.03. The molecule has 2 aromatic heterocycles. The summed E-state index contributed by atoms with van der Waals surface area (Å²) in [5.41, 5.74) is 6.38. The number of primary amides is 1. The monoisotopic (exact) mass is 243 g/mol. The molecule has 0 aromatic carbocycles. The normalized spacial score (nSPS) is 10.0. The molecular formula is C12H13N5O. The summed E-state index contributed by atoms with van der Waals surface area (Å²) in [6.07, 6.45) is 4.40. The summed E-state index contributed by atoms with van der Waals surface area (Å²) in [7, 11) is 0. The maximum absolute atomic E-state index is 10.8. The molecule has 6 heteroatoms. The molecule has 2 rings (SSSR count). The number of hydrogen-bond donors (Lipinski definition) is 2. The molecule has 3 N–H and O–H groups in total. The number of nitrogens with two attached hydrogens (primary N) is 1. The zero-order valence-electron chi connectivity index (χ0n) is 9.71. The van der Waals surface area contributed by atoms with Crippen LogP contribution in [0.15, 0.2) is 36.7 Å². The van der Waals surface area contributed by atoms with Gasteiger partial charge in [0, 0.05) is 18.9 Å². The Morgan fingerprint density at radius 2 is 2.17 bits per heavy atom. The van der Waals surface area contributed by atoms with Crippen molar-refractivity contribution in [1.29, 1.82) is 0 Å². The largest absolute Gasteiger partial charge is 0.368 e. The Bertz CT molecular complexity index is 512. The lowest BCUT2D eigenvalue weighted by Crippen LogP contribution is -2.14. The Labute approximate surface area is 104 Å². The molecule has 2 heterocycles. The Morgan fingerprint density at radius 1 is 1.28 bits per heavy atom. The molecule has 0 saturated heterocycles. The maximum Gasteiger partial charge on any atom is 0.269 e. The number of rotatable bonds is 5. The molecule has 0 fully saturated rings. The SMILES string of the molecule is NC(=O)c1ccc(NCCc2cccnc2)nn1. The van der Waals surface area contributed by atoms with Crippen molar-refractivity contribution in [2.75, 3.05) is 11.9 Å². The van der Waals surface area contributed by atoms with Crippen molar-refractivity contribution in [2.45, 2.75) is 6.42 Å². The third-order valence-electron chi connectivity index (χ3n) is 2.36. The van der Waals surface area contributed by atoms with E-state index in [4.69, 9.17) is 5.73 Å². The first-order chi connectivity index (χ1) is 8.75. The molecule has 0 atom stereocenters. The summed E-state index contributed by atoms with van der Waals surface area (Å²) in [5.74, 6) is 0.0355.